The van der Waals surface area contributed by atoms with Crippen molar-refractivity contribution in [1.82, 2.24) is 19.8 Å². The van der Waals surface area contributed by atoms with Crippen LogP contribution < -0.4 is 10.2 Å². The Morgan fingerprint density at radius 1 is 1.08 bits per heavy atom. The van der Waals surface area contributed by atoms with E-state index in [4.69, 9.17) is 23.2 Å². The van der Waals surface area contributed by atoms with Crippen molar-refractivity contribution >= 4 is 34.8 Å². The molecule has 1 saturated carbocycles. The van der Waals surface area contributed by atoms with Crippen molar-refractivity contribution in [3.05, 3.63) is 81.4 Å². The number of nitrogens with one attached hydrogen (secondary N) is 1. The second kappa shape index (κ2) is 13.0. The van der Waals surface area contributed by atoms with Crippen molar-refractivity contribution in [3.63, 3.8) is 0 Å². The molecule has 0 atom stereocenters. The van der Waals surface area contributed by atoms with Crippen molar-refractivity contribution in [2.45, 2.75) is 64.6 Å². The number of carbonyl (C=O) groups is 1. The highest BCUT2D eigenvalue weighted by atomic mass is 35.5. The fraction of sp³-hybridized carbons (Fsp3) is 0.467. The van der Waals surface area contributed by atoms with E-state index in [2.05, 4.69) is 45.7 Å². The first-order chi connectivity index (χ1) is 18.3. The van der Waals surface area contributed by atoms with Crippen LogP contribution in [-0.4, -0.2) is 59.6 Å². The average molecular weight is 557 g/mol. The largest absolute Gasteiger partial charge is 0.369 e. The quantitative estimate of drug-likeness (QED) is 0.322. The molecule has 6 nitrogen and oxygen atoms in total. The highest BCUT2D eigenvalue weighted by Gasteiger charge is 2.28. The summed E-state index contributed by atoms with van der Waals surface area (Å²) < 4.78 is 2.09. The molecule has 3 aromatic rings. The van der Waals surface area contributed by atoms with Crippen LogP contribution in [0.3, 0.4) is 0 Å². The minimum absolute atomic E-state index is 0.105. The van der Waals surface area contributed by atoms with Gasteiger partial charge in [0, 0.05) is 71.8 Å². The maximum atomic E-state index is 13.3. The summed E-state index contributed by atoms with van der Waals surface area (Å²) in [5.74, 6) is 0.811. The second-order valence-corrected chi connectivity index (χ2v) is 11.3. The Labute approximate surface area is 236 Å². The van der Waals surface area contributed by atoms with Gasteiger partial charge in [-0.3, -0.25) is 4.79 Å². The molecular weight excluding hydrogens is 517 g/mol. The first-order valence-corrected chi connectivity index (χ1v) is 14.3. The molecular formula is C30H39Cl2N5O. The van der Waals surface area contributed by atoms with Gasteiger partial charge in [-0.2, -0.15) is 0 Å². The standard InChI is InChI=1S/C30H39Cl2N5O/c1-5-37(26-11-9-25(10-12-26)35(3)4)28-19-24(32)18-27(21(28)2)30(38)34-14-13-29-33-15-16-36(29)20-22-7-6-8-23(31)17-22/h6-8,15-19,25-26H,5,9-14,20H2,1-4H3,(H,34,38)/t25-,26-. The van der Waals surface area contributed by atoms with Gasteiger partial charge in [0.1, 0.15) is 5.82 Å². The molecule has 204 valence electrons. The van der Waals surface area contributed by atoms with Crippen LogP contribution in [0, 0.1) is 6.92 Å². The van der Waals surface area contributed by atoms with Crippen LogP contribution >= 0.6 is 23.2 Å². The zero-order valence-corrected chi connectivity index (χ0v) is 24.4. The molecule has 8 heteroatoms. The molecule has 1 aliphatic carbocycles. The lowest BCUT2D eigenvalue weighted by atomic mass is 9.89. The molecule has 0 aliphatic heterocycles. The van der Waals surface area contributed by atoms with E-state index in [1.807, 2.05) is 43.5 Å². The van der Waals surface area contributed by atoms with Crippen molar-refractivity contribution in [3.8, 4) is 0 Å². The van der Waals surface area contributed by atoms with E-state index < -0.39 is 0 Å². The number of hydrogen-bond acceptors (Lipinski definition) is 4. The highest BCUT2D eigenvalue weighted by molar-refractivity contribution is 6.31. The third kappa shape index (κ3) is 6.90. The van der Waals surface area contributed by atoms with Crippen molar-refractivity contribution in [2.24, 2.45) is 0 Å². The van der Waals surface area contributed by atoms with Crippen LogP contribution in [0.1, 0.15) is 59.9 Å². The van der Waals surface area contributed by atoms with E-state index in [1.165, 1.54) is 12.8 Å². The lowest BCUT2D eigenvalue weighted by Crippen LogP contribution is -2.42. The first-order valence-electron chi connectivity index (χ1n) is 13.5. The first kappa shape index (κ1) is 28.5. The number of amides is 1. The molecule has 0 unspecified atom stereocenters. The van der Waals surface area contributed by atoms with Crippen LogP contribution in [-0.2, 0) is 13.0 Å². The van der Waals surface area contributed by atoms with Gasteiger partial charge in [0.25, 0.3) is 5.91 Å². The van der Waals surface area contributed by atoms with E-state index in [0.29, 0.717) is 42.2 Å². The normalized spacial score (nSPS) is 17.6. The van der Waals surface area contributed by atoms with Gasteiger partial charge in [0.15, 0.2) is 0 Å². The smallest absolute Gasteiger partial charge is 0.251 e. The fourth-order valence-electron chi connectivity index (χ4n) is 5.64. The maximum absolute atomic E-state index is 13.3. The number of halogens is 2. The molecule has 1 aromatic heterocycles. The summed E-state index contributed by atoms with van der Waals surface area (Å²) in [5.41, 5.74) is 3.79. The Morgan fingerprint density at radius 3 is 2.50 bits per heavy atom. The van der Waals surface area contributed by atoms with Gasteiger partial charge >= 0.3 is 0 Å². The second-order valence-electron chi connectivity index (χ2n) is 10.4. The Kier molecular flexibility index (Phi) is 9.74. The summed E-state index contributed by atoms with van der Waals surface area (Å²) >= 11 is 12.7. The molecule has 38 heavy (non-hydrogen) atoms. The number of anilines is 1. The third-order valence-corrected chi connectivity index (χ3v) is 8.21. The summed E-state index contributed by atoms with van der Waals surface area (Å²) in [5, 5.41) is 4.40. The number of imidazole rings is 1. The fourth-order valence-corrected chi connectivity index (χ4v) is 6.06. The summed E-state index contributed by atoms with van der Waals surface area (Å²) in [4.78, 5) is 22.6. The minimum Gasteiger partial charge on any atom is -0.369 e. The summed E-state index contributed by atoms with van der Waals surface area (Å²) in [7, 11) is 4.34. The van der Waals surface area contributed by atoms with E-state index >= 15 is 0 Å². The van der Waals surface area contributed by atoms with Crippen molar-refractivity contribution in [1.29, 1.82) is 0 Å². The zero-order valence-electron chi connectivity index (χ0n) is 22.9. The van der Waals surface area contributed by atoms with Gasteiger partial charge < -0.3 is 19.7 Å². The summed E-state index contributed by atoms with van der Waals surface area (Å²) in [6.45, 7) is 6.27. The Morgan fingerprint density at radius 2 is 1.82 bits per heavy atom. The van der Waals surface area contributed by atoms with Crippen molar-refractivity contribution < 1.29 is 4.79 Å². The summed E-state index contributed by atoms with van der Waals surface area (Å²) in [6, 6.07) is 12.7. The molecule has 1 N–H and O–H groups in total. The molecule has 0 radical (unpaired) electrons. The molecule has 1 aliphatic rings. The van der Waals surface area contributed by atoms with Gasteiger partial charge in [-0.25, -0.2) is 4.98 Å². The maximum Gasteiger partial charge on any atom is 0.251 e. The third-order valence-electron chi connectivity index (χ3n) is 7.75. The van der Waals surface area contributed by atoms with Gasteiger partial charge in [-0.05, 0) is 89.0 Å². The Bertz CT molecular complexity index is 1230. The highest BCUT2D eigenvalue weighted by Crippen LogP contribution is 2.34. The van der Waals surface area contributed by atoms with Crippen LogP contribution in [0.25, 0.3) is 0 Å². The van der Waals surface area contributed by atoms with E-state index in [0.717, 1.165) is 47.0 Å². The predicted molar refractivity (Wildman–Crippen MR) is 158 cm³/mol. The summed E-state index contributed by atoms with van der Waals surface area (Å²) in [6.07, 6.45) is 9.04. The molecule has 2 aromatic carbocycles. The number of aromatic nitrogens is 2. The zero-order chi connectivity index (χ0) is 27.2. The van der Waals surface area contributed by atoms with E-state index in [-0.39, 0.29) is 5.91 Å². The van der Waals surface area contributed by atoms with Crippen LogP contribution in [0.2, 0.25) is 10.0 Å². The molecule has 1 fully saturated rings. The van der Waals surface area contributed by atoms with E-state index in [1.54, 1.807) is 12.3 Å². The molecule has 0 saturated heterocycles. The van der Waals surface area contributed by atoms with Crippen LogP contribution in [0.5, 0.6) is 0 Å². The number of carbonyl (C=O) groups excluding carboxylic acids is 1. The van der Waals surface area contributed by atoms with Gasteiger partial charge in [0.05, 0.1) is 0 Å². The predicted octanol–water partition coefficient (Wildman–Crippen LogP) is 6.22. The SMILES string of the molecule is CCN(c1cc(Cl)cc(C(=O)NCCc2nccn2Cc2cccc(Cl)c2)c1C)[C@H]1CC[C@H](N(C)C)CC1. The molecule has 0 bridgehead atoms. The molecule has 4 rings (SSSR count). The number of hydrogen-bond donors (Lipinski definition) is 1. The number of benzene rings is 2. The topological polar surface area (TPSA) is 53.4 Å². The lowest BCUT2D eigenvalue weighted by Gasteiger charge is -2.40. The monoisotopic (exact) mass is 555 g/mol. The Hall–Kier alpha value is -2.54. The number of rotatable bonds is 10. The van der Waals surface area contributed by atoms with E-state index in [9.17, 15) is 4.79 Å². The average Bonchev–Trinajstić information content (AvgIpc) is 3.33. The molecule has 0 spiro atoms. The lowest BCUT2D eigenvalue weighted by molar-refractivity contribution is 0.0953. The number of nitrogens with zero attached hydrogens (tertiary/aromatic N) is 4. The van der Waals surface area contributed by atoms with Gasteiger partial charge in [-0.15, -0.1) is 0 Å². The van der Waals surface area contributed by atoms with Gasteiger partial charge in [-0.1, -0.05) is 35.3 Å². The Balaban J connectivity index is 1.41. The van der Waals surface area contributed by atoms with Crippen LogP contribution in [0.4, 0.5) is 5.69 Å². The van der Waals surface area contributed by atoms with Gasteiger partial charge in [0.2, 0.25) is 0 Å². The molecule has 1 heterocycles. The minimum atomic E-state index is -0.105. The van der Waals surface area contributed by atoms with Crippen molar-refractivity contribution in [2.75, 3.05) is 32.1 Å². The van der Waals surface area contributed by atoms with Crippen LogP contribution in [0.15, 0.2) is 48.8 Å². The molecule has 1 amide bonds.